The van der Waals surface area contributed by atoms with E-state index in [0.29, 0.717) is 5.69 Å². The molecule has 0 saturated carbocycles. The van der Waals surface area contributed by atoms with Gasteiger partial charge in [-0.3, -0.25) is 14.5 Å². The van der Waals surface area contributed by atoms with E-state index in [0.717, 1.165) is 28.9 Å². The quantitative estimate of drug-likeness (QED) is 0.756. The highest BCUT2D eigenvalue weighted by atomic mass is 16.2. The van der Waals surface area contributed by atoms with E-state index in [-0.39, 0.29) is 6.54 Å². The molecule has 1 unspecified atom stereocenters. The molecule has 2 aromatic carbocycles. The van der Waals surface area contributed by atoms with Gasteiger partial charge in [0.1, 0.15) is 12.1 Å². The minimum atomic E-state index is -1.18. The first-order valence-corrected chi connectivity index (χ1v) is 9.44. The Morgan fingerprint density at radius 2 is 1.79 bits per heavy atom. The number of imide groups is 1. The topological polar surface area (TPSA) is 78.5 Å². The van der Waals surface area contributed by atoms with Crippen molar-refractivity contribution in [3.63, 3.8) is 0 Å². The first kappa shape index (κ1) is 19.6. The molecule has 0 aliphatic carbocycles. The van der Waals surface area contributed by atoms with Gasteiger partial charge in [0.25, 0.3) is 5.91 Å². The van der Waals surface area contributed by atoms with Gasteiger partial charge in [-0.2, -0.15) is 0 Å². The first-order chi connectivity index (χ1) is 13.3. The number of anilines is 1. The number of hydrogen-bond acceptors (Lipinski definition) is 3. The van der Waals surface area contributed by atoms with Gasteiger partial charge in [-0.05, 0) is 49.1 Å². The van der Waals surface area contributed by atoms with Crippen molar-refractivity contribution in [2.24, 2.45) is 0 Å². The number of aryl methyl sites for hydroxylation is 2. The lowest BCUT2D eigenvalue weighted by Gasteiger charge is -2.24. The molecule has 1 aliphatic heterocycles. The summed E-state index contributed by atoms with van der Waals surface area (Å²) in [7, 11) is 0. The highest BCUT2D eigenvalue weighted by Gasteiger charge is 2.49. The fourth-order valence-electron chi connectivity index (χ4n) is 3.54. The first-order valence-electron chi connectivity index (χ1n) is 9.44. The summed E-state index contributed by atoms with van der Waals surface area (Å²) in [6.45, 7) is 5.33. The van der Waals surface area contributed by atoms with E-state index in [1.165, 1.54) is 5.56 Å². The lowest BCUT2D eigenvalue weighted by molar-refractivity contribution is -0.133. The second-order valence-electron chi connectivity index (χ2n) is 7.26. The molecule has 4 amide bonds. The molecule has 0 spiro atoms. The maximum absolute atomic E-state index is 13.0. The number of rotatable bonds is 6. The predicted octanol–water partition coefficient (Wildman–Crippen LogP) is 3.35. The van der Waals surface area contributed by atoms with Crippen molar-refractivity contribution in [3.05, 3.63) is 65.2 Å². The molecule has 1 aliphatic rings. The molecule has 6 nitrogen and oxygen atoms in total. The Morgan fingerprint density at radius 1 is 1.11 bits per heavy atom. The molecule has 0 radical (unpaired) electrons. The van der Waals surface area contributed by atoms with Gasteiger partial charge in [0, 0.05) is 5.69 Å². The number of carbonyl (C=O) groups is 3. The fourth-order valence-corrected chi connectivity index (χ4v) is 3.54. The normalized spacial score (nSPS) is 18.9. The van der Waals surface area contributed by atoms with E-state index in [4.69, 9.17) is 0 Å². The third-order valence-corrected chi connectivity index (χ3v) is 5.04. The lowest BCUT2D eigenvalue weighted by Crippen LogP contribution is -2.42. The Kier molecular flexibility index (Phi) is 5.49. The summed E-state index contributed by atoms with van der Waals surface area (Å²) in [5.74, 6) is -0.846. The molecule has 2 aromatic rings. The van der Waals surface area contributed by atoms with Crippen molar-refractivity contribution >= 4 is 23.5 Å². The van der Waals surface area contributed by atoms with E-state index in [2.05, 4.69) is 17.6 Å². The zero-order valence-electron chi connectivity index (χ0n) is 16.4. The summed E-state index contributed by atoms with van der Waals surface area (Å²) in [6.07, 6.45) is 2.03. The summed E-state index contributed by atoms with van der Waals surface area (Å²) in [5.41, 5.74) is 2.28. The molecule has 1 fully saturated rings. The molecule has 1 atom stereocenters. The van der Waals surface area contributed by atoms with E-state index in [1.807, 2.05) is 55.5 Å². The van der Waals surface area contributed by atoms with Crippen molar-refractivity contribution in [1.29, 1.82) is 0 Å². The van der Waals surface area contributed by atoms with Gasteiger partial charge in [-0.25, -0.2) is 4.79 Å². The monoisotopic (exact) mass is 379 g/mol. The van der Waals surface area contributed by atoms with Crippen LogP contribution in [0.1, 0.15) is 37.0 Å². The van der Waals surface area contributed by atoms with Crippen molar-refractivity contribution < 1.29 is 14.4 Å². The molecular weight excluding hydrogens is 354 g/mol. The standard InChI is InChI=1S/C22H25N3O3/c1-4-7-16-10-12-17(13-11-16)23-19(26)14-25-20(27)22(3,24-21(25)28)18-9-6-5-8-15(18)2/h5-6,8-13H,4,7,14H2,1-3H3,(H,23,26)(H,24,28). The molecule has 28 heavy (non-hydrogen) atoms. The molecular formula is C22H25N3O3. The number of nitrogens with one attached hydrogen (secondary N) is 2. The lowest BCUT2D eigenvalue weighted by atomic mass is 9.88. The van der Waals surface area contributed by atoms with Crippen LogP contribution in [0.25, 0.3) is 0 Å². The van der Waals surface area contributed by atoms with E-state index in [1.54, 1.807) is 6.92 Å². The zero-order valence-corrected chi connectivity index (χ0v) is 16.4. The summed E-state index contributed by atoms with van der Waals surface area (Å²) in [4.78, 5) is 38.7. The predicted molar refractivity (Wildman–Crippen MR) is 108 cm³/mol. The van der Waals surface area contributed by atoms with Crippen LogP contribution in [-0.4, -0.2) is 29.3 Å². The van der Waals surface area contributed by atoms with E-state index in [9.17, 15) is 14.4 Å². The van der Waals surface area contributed by atoms with Crippen LogP contribution in [0.5, 0.6) is 0 Å². The second-order valence-corrected chi connectivity index (χ2v) is 7.26. The van der Waals surface area contributed by atoms with E-state index < -0.39 is 23.4 Å². The van der Waals surface area contributed by atoms with Gasteiger partial charge < -0.3 is 10.6 Å². The average Bonchev–Trinajstić information content (AvgIpc) is 2.88. The van der Waals surface area contributed by atoms with Crippen LogP contribution < -0.4 is 10.6 Å². The van der Waals surface area contributed by atoms with Gasteiger partial charge >= 0.3 is 6.03 Å². The van der Waals surface area contributed by atoms with Gasteiger partial charge in [-0.15, -0.1) is 0 Å². The Morgan fingerprint density at radius 3 is 2.43 bits per heavy atom. The number of hydrogen-bond donors (Lipinski definition) is 2. The van der Waals surface area contributed by atoms with Crippen LogP contribution in [0.3, 0.4) is 0 Å². The van der Waals surface area contributed by atoms with Crippen LogP contribution >= 0.6 is 0 Å². The second kappa shape index (κ2) is 7.84. The number of amides is 4. The summed E-state index contributed by atoms with van der Waals surface area (Å²) in [6, 6.07) is 14.4. The Balaban J connectivity index is 1.70. The molecule has 146 valence electrons. The molecule has 2 N–H and O–H groups in total. The molecule has 0 bridgehead atoms. The van der Waals surface area contributed by atoms with E-state index >= 15 is 0 Å². The highest BCUT2D eigenvalue weighted by molar-refractivity contribution is 6.10. The number of benzene rings is 2. The highest BCUT2D eigenvalue weighted by Crippen LogP contribution is 2.30. The summed E-state index contributed by atoms with van der Waals surface area (Å²) in [5, 5.41) is 5.48. The van der Waals surface area contributed by atoms with Gasteiger partial charge in [-0.1, -0.05) is 49.7 Å². The van der Waals surface area contributed by atoms with Gasteiger partial charge in [0.2, 0.25) is 5.91 Å². The Hall–Kier alpha value is -3.15. The third kappa shape index (κ3) is 3.76. The third-order valence-electron chi connectivity index (χ3n) is 5.04. The van der Waals surface area contributed by atoms with Crippen LogP contribution in [0.2, 0.25) is 0 Å². The van der Waals surface area contributed by atoms with Gasteiger partial charge in [0.05, 0.1) is 0 Å². The Labute approximate surface area is 164 Å². The average molecular weight is 379 g/mol. The molecule has 1 saturated heterocycles. The van der Waals surface area contributed by atoms with Crippen molar-refractivity contribution in [1.82, 2.24) is 10.2 Å². The number of urea groups is 1. The Bertz CT molecular complexity index is 907. The van der Waals surface area contributed by atoms with Gasteiger partial charge in [0.15, 0.2) is 0 Å². The zero-order chi connectivity index (χ0) is 20.3. The van der Waals surface area contributed by atoms with Crippen LogP contribution in [-0.2, 0) is 21.5 Å². The largest absolute Gasteiger partial charge is 0.325 e. The maximum Gasteiger partial charge on any atom is 0.325 e. The summed E-state index contributed by atoms with van der Waals surface area (Å²) >= 11 is 0. The van der Waals surface area contributed by atoms with Crippen LogP contribution in [0.4, 0.5) is 10.5 Å². The summed E-state index contributed by atoms with van der Waals surface area (Å²) < 4.78 is 0. The smallest absolute Gasteiger partial charge is 0.325 e. The molecule has 1 heterocycles. The maximum atomic E-state index is 13.0. The SMILES string of the molecule is CCCc1ccc(NC(=O)CN2C(=O)NC(C)(c3ccccc3C)C2=O)cc1. The minimum Gasteiger partial charge on any atom is -0.325 e. The minimum absolute atomic E-state index is 0.331. The van der Waals surface area contributed by atoms with Crippen molar-refractivity contribution in [2.45, 2.75) is 39.2 Å². The molecule has 0 aromatic heterocycles. The van der Waals surface area contributed by atoms with Crippen molar-refractivity contribution in [2.75, 3.05) is 11.9 Å². The molecule has 3 rings (SSSR count). The van der Waals surface area contributed by atoms with Crippen LogP contribution in [0.15, 0.2) is 48.5 Å². The fraction of sp³-hybridized carbons (Fsp3) is 0.318. The van der Waals surface area contributed by atoms with Crippen molar-refractivity contribution in [3.8, 4) is 0 Å². The van der Waals surface area contributed by atoms with Crippen LogP contribution in [0, 0.1) is 6.92 Å². The number of nitrogens with zero attached hydrogens (tertiary/aromatic N) is 1. The number of carbonyl (C=O) groups excluding carboxylic acids is 3. The molecule has 6 heteroatoms.